The molecule has 0 aromatic rings. The fraction of sp³-hybridized carbons (Fsp3) is 0.929. The quantitative estimate of drug-likeness (QED) is 0.777. The number of amides is 1. The summed E-state index contributed by atoms with van der Waals surface area (Å²) in [4.78, 5) is 12.4. The maximum atomic E-state index is 12.4. The van der Waals surface area contributed by atoms with E-state index in [4.69, 9.17) is 10.5 Å². The molecule has 0 aliphatic heterocycles. The maximum Gasteiger partial charge on any atom is 0.240 e. The van der Waals surface area contributed by atoms with Gasteiger partial charge in [-0.15, -0.1) is 0 Å². The topological polar surface area (TPSA) is 64.3 Å². The van der Waals surface area contributed by atoms with Gasteiger partial charge in [-0.3, -0.25) is 4.79 Å². The van der Waals surface area contributed by atoms with Crippen molar-refractivity contribution in [3.05, 3.63) is 0 Å². The zero-order valence-corrected chi connectivity index (χ0v) is 13.2. The van der Waals surface area contributed by atoms with Gasteiger partial charge >= 0.3 is 0 Å². The molecule has 0 aromatic heterocycles. The molecule has 3 N–H and O–H groups in total. The molecule has 0 spiro atoms. The Balaban J connectivity index is 1.92. The predicted octanol–water partition coefficient (Wildman–Crippen LogP) is 1.53. The molecule has 1 amide bonds. The summed E-state index contributed by atoms with van der Waals surface area (Å²) in [6.07, 6.45) is 5.19. The minimum absolute atomic E-state index is 0.0196. The highest BCUT2D eigenvalue weighted by Gasteiger charge is 2.63. The van der Waals surface area contributed by atoms with E-state index >= 15 is 0 Å². The van der Waals surface area contributed by atoms with Gasteiger partial charge in [0.1, 0.15) is 5.54 Å². The summed E-state index contributed by atoms with van der Waals surface area (Å²) in [5.74, 6) is -0.0196. The average Bonchev–Trinajstić information content (AvgIpc) is 3.16. The number of carbonyl (C=O) groups excluding carboxylic acids is 1. The van der Waals surface area contributed by atoms with Gasteiger partial charge in [-0.2, -0.15) is 11.8 Å². The van der Waals surface area contributed by atoms with Gasteiger partial charge in [-0.25, -0.2) is 0 Å². The molecular formula is C14H26N2O2S. The average molecular weight is 286 g/mol. The van der Waals surface area contributed by atoms with Crippen molar-refractivity contribution in [1.29, 1.82) is 0 Å². The van der Waals surface area contributed by atoms with Gasteiger partial charge in [0.25, 0.3) is 0 Å². The van der Waals surface area contributed by atoms with Gasteiger partial charge in [0.05, 0.1) is 6.10 Å². The lowest BCUT2D eigenvalue weighted by Gasteiger charge is -2.57. The van der Waals surface area contributed by atoms with Gasteiger partial charge in [0, 0.05) is 29.7 Å². The van der Waals surface area contributed by atoms with Crippen LogP contribution in [0.25, 0.3) is 0 Å². The molecule has 2 saturated carbocycles. The second kappa shape index (κ2) is 4.93. The number of nitrogens with one attached hydrogen (secondary N) is 1. The minimum Gasteiger partial charge on any atom is -0.378 e. The second-order valence-corrected chi connectivity index (χ2v) is 7.69. The van der Waals surface area contributed by atoms with E-state index in [1.165, 1.54) is 12.8 Å². The fourth-order valence-corrected chi connectivity index (χ4v) is 3.54. The highest BCUT2D eigenvalue weighted by molar-refractivity contribution is 8.00. The summed E-state index contributed by atoms with van der Waals surface area (Å²) in [6, 6.07) is 0. The Bertz CT molecular complexity index is 368. The molecule has 4 nitrogen and oxygen atoms in total. The third-order valence-electron chi connectivity index (χ3n) is 5.05. The predicted molar refractivity (Wildman–Crippen MR) is 79.2 cm³/mol. The number of nitrogens with two attached hydrogens (primary N) is 1. The van der Waals surface area contributed by atoms with Crippen LogP contribution < -0.4 is 11.1 Å². The molecule has 2 aliphatic carbocycles. The first kappa shape index (κ1) is 15.1. The Hall–Kier alpha value is -0.260. The van der Waals surface area contributed by atoms with Gasteiger partial charge in [-0.1, -0.05) is 13.8 Å². The monoisotopic (exact) mass is 286 g/mol. The Morgan fingerprint density at radius 3 is 2.53 bits per heavy atom. The number of rotatable bonds is 6. The molecule has 0 bridgehead atoms. The first-order chi connectivity index (χ1) is 8.81. The van der Waals surface area contributed by atoms with Gasteiger partial charge in [0.15, 0.2) is 0 Å². The van der Waals surface area contributed by atoms with Crippen LogP contribution in [0.1, 0.15) is 40.0 Å². The number of thioether (sulfide) groups is 1. The van der Waals surface area contributed by atoms with Crippen LogP contribution in [-0.4, -0.2) is 41.7 Å². The van der Waals surface area contributed by atoms with Crippen LogP contribution in [0.15, 0.2) is 0 Å². The van der Waals surface area contributed by atoms with Crippen molar-refractivity contribution in [3.8, 4) is 0 Å². The number of hydrogen-bond donors (Lipinski definition) is 2. The Morgan fingerprint density at radius 2 is 2.11 bits per heavy atom. The molecule has 0 aromatic carbocycles. The van der Waals surface area contributed by atoms with Crippen molar-refractivity contribution in [2.75, 3.05) is 19.4 Å². The van der Waals surface area contributed by atoms with E-state index in [9.17, 15) is 4.79 Å². The van der Waals surface area contributed by atoms with Crippen molar-refractivity contribution >= 4 is 17.7 Å². The number of hydrogen-bond acceptors (Lipinski definition) is 4. The number of ether oxygens (including phenoxy) is 1. The molecule has 2 rings (SSSR count). The molecular weight excluding hydrogens is 260 g/mol. The van der Waals surface area contributed by atoms with Crippen molar-refractivity contribution in [2.24, 2.45) is 11.1 Å². The molecule has 19 heavy (non-hydrogen) atoms. The van der Waals surface area contributed by atoms with Crippen molar-refractivity contribution < 1.29 is 9.53 Å². The van der Waals surface area contributed by atoms with E-state index in [1.807, 2.05) is 32.5 Å². The SMILES string of the molecule is CCOC1CC(N)(C(=O)NCC2(SC)CC2)C1(C)C. The third kappa shape index (κ3) is 2.41. The van der Waals surface area contributed by atoms with Crippen LogP contribution in [-0.2, 0) is 9.53 Å². The summed E-state index contributed by atoms with van der Waals surface area (Å²) in [6.45, 7) is 7.43. The summed E-state index contributed by atoms with van der Waals surface area (Å²) in [7, 11) is 0. The molecule has 0 saturated heterocycles. The van der Waals surface area contributed by atoms with Crippen LogP contribution >= 0.6 is 11.8 Å². The van der Waals surface area contributed by atoms with Crippen LogP contribution in [0.2, 0.25) is 0 Å². The third-order valence-corrected chi connectivity index (χ3v) is 6.47. The zero-order valence-electron chi connectivity index (χ0n) is 12.4. The second-order valence-electron chi connectivity index (χ2n) is 6.41. The van der Waals surface area contributed by atoms with Gasteiger partial charge in [0.2, 0.25) is 5.91 Å². The van der Waals surface area contributed by atoms with E-state index in [-0.39, 0.29) is 22.2 Å². The highest BCUT2D eigenvalue weighted by atomic mass is 32.2. The summed E-state index contributed by atoms with van der Waals surface area (Å²) < 4.78 is 5.93. The van der Waals surface area contributed by atoms with E-state index in [0.29, 0.717) is 13.0 Å². The number of carbonyl (C=O) groups is 1. The Kier molecular flexibility index (Phi) is 3.93. The van der Waals surface area contributed by atoms with E-state index in [2.05, 4.69) is 11.6 Å². The molecule has 0 radical (unpaired) electrons. The zero-order chi connectivity index (χ0) is 14.3. The highest BCUT2D eigenvalue weighted by Crippen LogP contribution is 2.50. The van der Waals surface area contributed by atoms with Crippen molar-refractivity contribution in [1.82, 2.24) is 5.32 Å². The normalized spacial score (nSPS) is 34.5. The van der Waals surface area contributed by atoms with E-state index < -0.39 is 5.54 Å². The summed E-state index contributed by atoms with van der Waals surface area (Å²) in [5, 5.41) is 3.06. The largest absolute Gasteiger partial charge is 0.378 e. The smallest absolute Gasteiger partial charge is 0.240 e. The van der Waals surface area contributed by atoms with Crippen LogP contribution in [0.3, 0.4) is 0 Å². The van der Waals surface area contributed by atoms with Gasteiger partial charge < -0.3 is 15.8 Å². The maximum absolute atomic E-state index is 12.4. The lowest BCUT2D eigenvalue weighted by molar-refractivity contribution is -0.170. The van der Waals surface area contributed by atoms with E-state index in [0.717, 1.165) is 6.54 Å². The first-order valence-corrected chi connectivity index (χ1v) is 8.28. The lowest BCUT2D eigenvalue weighted by atomic mass is 9.54. The lowest BCUT2D eigenvalue weighted by Crippen LogP contribution is -2.76. The van der Waals surface area contributed by atoms with Gasteiger partial charge in [-0.05, 0) is 26.0 Å². The van der Waals surface area contributed by atoms with Crippen LogP contribution in [0.5, 0.6) is 0 Å². The standard InChI is InChI=1S/C14H26N2O2S/c1-5-18-10-8-14(15,12(10,2)3)11(17)16-9-13(19-4)6-7-13/h10H,5-9,15H2,1-4H3,(H,16,17). The van der Waals surface area contributed by atoms with Crippen molar-refractivity contribution in [3.63, 3.8) is 0 Å². The van der Waals surface area contributed by atoms with Crippen LogP contribution in [0.4, 0.5) is 0 Å². The molecule has 2 unspecified atom stereocenters. The fourth-order valence-electron chi connectivity index (χ4n) is 2.81. The Morgan fingerprint density at radius 1 is 1.47 bits per heavy atom. The van der Waals surface area contributed by atoms with E-state index in [1.54, 1.807) is 0 Å². The van der Waals surface area contributed by atoms with Crippen molar-refractivity contribution in [2.45, 2.75) is 56.4 Å². The molecule has 5 heteroatoms. The molecule has 110 valence electrons. The van der Waals surface area contributed by atoms with Crippen LogP contribution in [0, 0.1) is 5.41 Å². The molecule has 0 heterocycles. The summed E-state index contributed by atoms with van der Waals surface area (Å²) in [5.41, 5.74) is 5.24. The Labute approximate surface area is 120 Å². The molecule has 2 fully saturated rings. The minimum atomic E-state index is -0.790. The summed E-state index contributed by atoms with van der Waals surface area (Å²) >= 11 is 1.84. The molecule has 2 atom stereocenters. The molecule has 2 aliphatic rings. The first-order valence-electron chi connectivity index (χ1n) is 7.05.